The van der Waals surface area contributed by atoms with Gasteiger partial charge in [0.25, 0.3) is 0 Å². The van der Waals surface area contributed by atoms with Crippen molar-refractivity contribution >= 4 is 11.9 Å². The summed E-state index contributed by atoms with van der Waals surface area (Å²) in [5.74, 6) is 3.00. The first-order valence-corrected chi connectivity index (χ1v) is 11.1. The number of rotatable bonds is 4. The van der Waals surface area contributed by atoms with Crippen molar-refractivity contribution in [1.82, 2.24) is 20.0 Å². The largest absolute Gasteiger partial charge is 0.356 e. The molecule has 1 aliphatic carbocycles. The van der Waals surface area contributed by atoms with E-state index in [2.05, 4.69) is 34.0 Å². The quantitative estimate of drug-likeness (QED) is 0.602. The summed E-state index contributed by atoms with van der Waals surface area (Å²) in [5, 5.41) is 3.62. The fourth-order valence-corrected chi connectivity index (χ4v) is 4.99. The van der Waals surface area contributed by atoms with E-state index in [9.17, 15) is 4.79 Å². The second kappa shape index (κ2) is 9.76. The molecular formula is C21H39N5O. The Hall–Kier alpha value is -1.30. The lowest BCUT2D eigenvalue weighted by molar-refractivity contribution is -0.135. The Bertz CT molecular complexity index is 509. The molecule has 3 fully saturated rings. The smallest absolute Gasteiger partial charge is 0.239 e. The zero-order valence-corrected chi connectivity index (χ0v) is 17.6. The molecule has 0 radical (unpaired) electrons. The van der Waals surface area contributed by atoms with Crippen molar-refractivity contribution in [3.05, 3.63) is 0 Å². The van der Waals surface area contributed by atoms with Gasteiger partial charge in [-0.05, 0) is 44.4 Å². The number of carbonyl (C=O) groups is 1. The van der Waals surface area contributed by atoms with Gasteiger partial charge < -0.3 is 15.1 Å². The monoisotopic (exact) mass is 377 g/mol. The maximum absolute atomic E-state index is 12.7. The zero-order valence-electron chi connectivity index (χ0n) is 17.6. The lowest BCUT2D eigenvalue weighted by Gasteiger charge is -2.40. The third-order valence-corrected chi connectivity index (χ3v) is 6.74. The van der Waals surface area contributed by atoms with Crippen molar-refractivity contribution in [2.24, 2.45) is 16.8 Å². The van der Waals surface area contributed by atoms with Crippen LogP contribution in [0, 0.1) is 11.8 Å². The second-order valence-corrected chi connectivity index (χ2v) is 8.80. The van der Waals surface area contributed by atoms with Crippen LogP contribution in [0.4, 0.5) is 0 Å². The van der Waals surface area contributed by atoms with Gasteiger partial charge in [0, 0.05) is 52.9 Å². The van der Waals surface area contributed by atoms with Crippen LogP contribution in [0.3, 0.4) is 0 Å². The molecule has 0 bridgehead atoms. The molecule has 154 valence electrons. The van der Waals surface area contributed by atoms with E-state index >= 15 is 0 Å². The summed E-state index contributed by atoms with van der Waals surface area (Å²) in [6.45, 7) is 11.1. The van der Waals surface area contributed by atoms with E-state index < -0.39 is 0 Å². The Labute approximate surface area is 165 Å². The Kier molecular flexibility index (Phi) is 7.39. The lowest BCUT2D eigenvalue weighted by atomic mass is 9.82. The Morgan fingerprint density at radius 2 is 1.74 bits per heavy atom. The van der Waals surface area contributed by atoms with Crippen LogP contribution in [0.1, 0.15) is 52.4 Å². The van der Waals surface area contributed by atoms with Crippen molar-refractivity contribution in [3.63, 3.8) is 0 Å². The molecule has 2 heterocycles. The van der Waals surface area contributed by atoms with E-state index in [1.807, 2.05) is 11.9 Å². The van der Waals surface area contributed by atoms with E-state index in [-0.39, 0.29) is 6.04 Å². The minimum Gasteiger partial charge on any atom is -0.356 e. The number of nitrogens with zero attached hydrogens (tertiary/aromatic N) is 4. The summed E-state index contributed by atoms with van der Waals surface area (Å²) in [7, 11) is 1.89. The van der Waals surface area contributed by atoms with Crippen molar-refractivity contribution < 1.29 is 4.79 Å². The Morgan fingerprint density at radius 1 is 1.04 bits per heavy atom. The Morgan fingerprint density at radius 3 is 2.37 bits per heavy atom. The summed E-state index contributed by atoms with van der Waals surface area (Å²) in [6.07, 6.45) is 7.77. The molecule has 0 spiro atoms. The molecule has 1 amide bonds. The van der Waals surface area contributed by atoms with Crippen LogP contribution in [0.2, 0.25) is 0 Å². The molecule has 2 saturated heterocycles. The van der Waals surface area contributed by atoms with Crippen LogP contribution in [-0.2, 0) is 4.79 Å². The maximum atomic E-state index is 12.7. The van der Waals surface area contributed by atoms with E-state index in [0.717, 1.165) is 76.5 Å². The predicted molar refractivity (Wildman–Crippen MR) is 111 cm³/mol. The minimum absolute atomic E-state index is 0.00366. The molecule has 1 N–H and O–H groups in total. The minimum atomic E-state index is 0.00366. The number of aliphatic imine (C=N–C) groups is 1. The number of amides is 1. The Balaban J connectivity index is 1.43. The van der Waals surface area contributed by atoms with Gasteiger partial charge in [-0.1, -0.05) is 19.8 Å². The molecule has 3 unspecified atom stereocenters. The number of likely N-dealkylation sites (tertiary alicyclic amines) is 1. The zero-order chi connectivity index (χ0) is 19.2. The van der Waals surface area contributed by atoms with Crippen LogP contribution in [0.25, 0.3) is 0 Å². The molecule has 0 aromatic rings. The summed E-state index contributed by atoms with van der Waals surface area (Å²) in [5.41, 5.74) is 0. The highest BCUT2D eigenvalue weighted by Crippen LogP contribution is 2.28. The molecule has 2 aliphatic heterocycles. The van der Waals surface area contributed by atoms with Crippen LogP contribution in [-0.4, -0.2) is 85.5 Å². The lowest BCUT2D eigenvalue weighted by Crippen LogP contribution is -2.57. The molecule has 0 aromatic carbocycles. The third kappa shape index (κ3) is 5.37. The summed E-state index contributed by atoms with van der Waals surface area (Å²) < 4.78 is 0. The summed E-state index contributed by atoms with van der Waals surface area (Å²) >= 11 is 0. The van der Waals surface area contributed by atoms with Gasteiger partial charge in [-0.15, -0.1) is 0 Å². The molecule has 1 saturated carbocycles. The molecule has 27 heavy (non-hydrogen) atoms. The van der Waals surface area contributed by atoms with Crippen molar-refractivity contribution in [2.75, 3.05) is 52.9 Å². The predicted octanol–water partition coefficient (Wildman–Crippen LogP) is 2.02. The van der Waals surface area contributed by atoms with Crippen LogP contribution >= 0.6 is 0 Å². The molecular weight excluding hydrogens is 338 g/mol. The van der Waals surface area contributed by atoms with Gasteiger partial charge in [0.15, 0.2) is 5.96 Å². The number of hydrogen-bond donors (Lipinski definition) is 1. The van der Waals surface area contributed by atoms with Crippen molar-refractivity contribution in [2.45, 2.75) is 58.4 Å². The number of piperazine rings is 1. The van der Waals surface area contributed by atoms with Gasteiger partial charge in [0.05, 0.1) is 6.04 Å². The number of carbonyl (C=O) groups excluding carboxylic acids is 1. The van der Waals surface area contributed by atoms with E-state index in [0.29, 0.717) is 5.91 Å². The maximum Gasteiger partial charge on any atom is 0.239 e. The molecule has 3 aliphatic rings. The fourth-order valence-electron chi connectivity index (χ4n) is 4.99. The normalized spacial score (nSPS) is 29.1. The molecule has 3 atom stereocenters. The summed E-state index contributed by atoms with van der Waals surface area (Å²) in [6, 6.07) is 0.00366. The fraction of sp³-hybridized carbons (Fsp3) is 0.905. The highest BCUT2D eigenvalue weighted by Gasteiger charge is 2.30. The molecule has 0 aromatic heterocycles. The van der Waals surface area contributed by atoms with Gasteiger partial charge in [0.2, 0.25) is 5.91 Å². The highest BCUT2D eigenvalue weighted by atomic mass is 16.2. The molecule has 6 heteroatoms. The first kappa shape index (κ1) is 20.4. The van der Waals surface area contributed by atoms with Crippen molar-refractivity contribution in [1.29, 1.82) is 0 Å². The van der Waals surface area contributed by atoms with Gasteiger partial charge in [-0.25, -0.2) is 0 Å². The van der Waals surface area contributed by atoms with Crippen LogP contribution in [0.5, 0.6) is 0 Å². The number of nitrogens with one attached hydrogen (secondary N) is 1. The average Bonchev–Trinajstić information content (AvgIpc) is 3.23. The van der Waals surface area contributed by atoms with Crippen LogP contribution < -0.4 is 5.32 Å². The molecule has 3 rings (SSSR count). The SMILES string of the molecule is CN=C(NCC1CCCC(C)C1)N1CCN(C(C)C(=O)N2CCCC2)CC1. The third-order valence-electron chi connectivity index (χ3n) is 6.74. The van der Waals surface area contributed by atoms with Crippen LogP contribution in [0.15, 0.2) is 4.99 Å². The molecule has 6 nitrogen and oxygen atoms in total. The second-order valence-electron chi connectivity index (χ2n) is 8.80. The van der Waals surface area contributed by atoms with Crippen molar-refractivity contribution in [3.8, 4) is 0 Å². The summed E-state index contributed by atoms with van der Waals surface area (Å²) in [4.78, 5) is 23.9. The topological polar surface area (TPSA) is 51.2 Å². The number of guanidine groups is 1. The van der Waals surface area contributed by atoms with Gasteiger partial charge >= 0.3 is 0 Å². The average molecular weight is 378 g/mol. The van der Waals surface area contributed by atoms with E-state index in [1.54, 1.807) is 0 Å². The van der Waals surface area contributed by atoms with Gasteiger partial charge in [-0.2, -0.15) is 0 Å². The van der Waals surface area contributed by atoms with E-state index in [1.165, 1.54) is 25.7 Å². The van der Waals surface area contributed by atoms with E-state index in [4.69, 9.17) is 0 Å². The van der Waals surface area contributed by atoms with Gasteiger partial charge in [0.1, 0.15) is 0 Å². The first-order valence-electron chi connectivity index (χ1n) is 11.1. The standard InChI is InChI=1S/C21H39N5O/c1-17-7-6-8-19(15-17)16-23-21(22-3)26-13-11-24(12-14-26)18(2)20(27)25-9-4-5-10-25/h17-19H,4-16H2,1-3H3,(H,22,23). The first-order chi connectivity index (χ1) is 13.1. The van der Waals surface area contributed by atoms with Gasteiger partial charge in [-0.3, -0.25) is 14.7 Å². The highest BCUT2D eigenvalue weighted by molar-refractivity contribution is 5.82. The number of hydrogen-bond acceptors (Lipinski definition) is 3.